The fourth-order valence-electron chi connectivity index (χ4n) is 2.64. The van der Waals surface area contributed by atoms with Crippen LogP contribution in [0, 0.1) is 5.82 Å². The van der Waals surface area contributed by atoms with Gasteiger partial charge in [-0.3, -0.25) is 14.2 Å². The van der Waals surface area contributed by atoms with Gasteiger partial charge >= 0.3 is 0 Å². The van der Waals surface area contributed by atoms with Gasteiger partial charge in [-0.25, -0.2) is 4.39 Å². The van der Waals surface area contributed by atoms with E-state index in [1.165, 1.54) is 25.1 Å². The quantitative estimate of drug-likeness (QED) is 0.734. The molecule has 7 heteroatoms. The molecule has 3 rings (SSSR count). The van der Waals surface area contributed by atoms with Gasteiger partial charge in [0.25, 0.3) is 5.56 Å². The van der Waals surface area contributed by atoms with Crippen LogP contribution in [0.25, 0.3) is 10.8 Å². The Morgan fingerprint density at radius 1 is 1.23 bits per heavy atom. The molecule has 1 heterocycles. The van der Waals surface area contributed by atoms with Gasteiger partial charge in [0.2, 0.25) is 11.8 Å². The lowest BCUT2D eigenvalue weighted by atomic mass is 10.1. The molecule has 1 amide bonds. The number of carbonyl (C=O) groups is 1. The van der Waals surface area contributed by atoms with Crippen molar-refractivity contribution in [2.45, 2.75) is 19.6 Å². The minimum Gasteiger partial charge on any atom is -0.494 e. The molecule has 0 aliphatic heterocycles. The van der Waals surface area contributed by atoms with Crippen LogP contribution in [-0.4, -0.2) is 15.6 Å². The lowest BCUT2D eigenvalue weighted by Crippen LogP contribution is -2.31. The lowest BCUT2D eigenvalue weighted by molar-refractivity contribution is -0.120. The first-order chi connectivity index (χ1) is 12.4. The predicted octanol–water partition coefficient (Wildman–Crippen LogP) is 2.47. The number of ether oxygens (including phenoxy) is 1. The van der Waals surface area contributed by atoms with Crippen molar-refractivity contribution in [1.29, 1.82) is 0 Å². The van der Waals surface area contributed by atoms with Crippen molar-refractivity contribution in [2.75, 3.05) is 0 Å². The molecule has 26 heavy (non-hydrogen) atoms. The molecule has 0 saturated carbocycles. The summed E-state index contributed by atoms with van der Waals surface area (Å²) in [4.78, 5) is 23.6. The summed E-state index contributed by atoms with van der Waals surface area (Å²) in [5, 5.41) is 11.2. The highest BCUT2D eigenvalue weighted by atomic mass is 19.1. The molecule has 1 aromatic heterocycles. The van der Waals surface area contributed by atoms with Crippen LogP contribution in [0.4, 0.5) is 4.39 Å². The van der Waals surface area contributed by atoms with Gasteiger partial charge in [0.15, 0.2) is 0 Å². The third kappa shape index (κ3) is 3.37. The lowest BCUT2D eigenvalue weighted by Gasteiger charge is -2.15. The molecule has 0 bridgehead atoms. The monoisotopic (exact) mass is 356 g/mol. The van der Waals surface area contributed by atoms with Crippen LogP contribution in [0.15, 0.2) is 53.3 Å². The highest BCUT2D eigenvalue weighted by molar-refractivity contribution is 5.88. The zero-order valence-electron chi connectivity index (χ0n) is 14.0. The van der Waals surface area contributed by atoms with Gasteiger partial charge in [-0.2, -0.15) is 0 Å². The van der Waals surface area contributed by atoms with E-state index < -0.39 is 17.5 Å². The number of primary amides is 1. The van der Waals surface area contributed by atoms with Crippen molar-refractivity contribution in [3.05, 3.63) is 70.3 Å². The van der Waals surface area contributed by atoms with E-state index in [-0.39, 0.29) is 18.3 Å². The van der Waals surface area contributed by atoms with Crippen LogP contribution in [0.1, 0.15) is 18.5 Å². The van der Waals surface area contributed by atoms with E-state index in [2.05, 4.69) is 0 Å². The van der Waals surface area contributed by atoms with E-state index in [1.807, 2.05) is 0 Å². The summed E-state index contributed by atoms with van der Waals surface area (Å²) in [5.41, 5.74) is 5.47. The maximum atomic E-state index is 12.9. The van der Waals surface area contributed by atoms with Crippen LogP contribution < -0.4 is 16.0 Å². The number of halogens is 1. The molecule has 134 valence electrons. The number of pyridine rings is 1. The molecular weight excluding hydrogens is 339 g/mol. The van der Waals surface area contributed by atoms with Gasteiger partial charge in [0, 0.05) is 11.5 Å². The summed E-state index contributed by atoms with van der Waals surface area (Å²) < 4.78 is 19.5. The molecule has 0 radical (unpaired) electrons. The second kappa shape index (κ2) is 6.87. The summed E-state index contributed by atoms with van der Waals surface area (Å²) in [7, 11) is 0. The third-order valence-electron chi connectivity index (χ3n) is 4.13. The Hall–Kier alpha value is -3.35. The van der Waals surface area contributed by atoms with Crippen molar-refractivity contribution < 1.29 is 19.0 Å². The maximum Gasteiger partial charge on any atom is 0.254 e. The van der Waals surface area contributed by atoms with Crippen molar-refractivity contribution in [2.24, 2.45) is 5.73 Å². The Kier molecular flexibility index (Phi) is 4.62. The summed E-state index contributed by atoms with van der Waals surface area (Å²) in [6, 6.07) is 11.1. The Bertz CT molecular complexity index is 1030. The first-order valence-corrected chi connectivity index (χ1v) is 7.91. The molecule has 0 aliphatic carbocycles. The number of nitrogens with two attached hydrogens (primary N) is 1. The number of fused-ring (bicyclic) bond motifs is 1. The zero-order valence-corrected chi connectivity index (χ0v) is 14.0. The number of aromatic nitrogens is 1. The normalized spacial score (nSPS) is 12.1. The topological polar surface area (TPSA) is 94.6 Å². The van der Waals surface area contributed by atoms with Crippen molar-refractivity contribution >= 4 is 16.7 Å². The molecule has 0 saturated heterocycles. The second-order valence-corrected chi connectivity index (χ2v) is 5.92. The van der Waals surface area contributed by atoms with E-state index in [0.29, 0.717) is 16.5 Å². The standard InChI is InChI=1S/C19H17FN2O4/c1-11(18(21)24)22-17(23)9-13-8-15(6-7-16(13)19(22)25)26-10-12-2-4-14(20)5-3-12/h2-9,11,25H,10H2,1H3,(H2,21,24)/t11-/m0/s1. The van der Waals surface area contributed by atoms with E-state index in [4.69, 9.17) is 10.5 Å². The molecule has 6 nitrogen and oxygen atoms in total. The highest BCUT2D eigenvalue weighted by Crippen LogP contribution is 2.28. The van der Waals surface area contributed by atoms with Crippen LogP contribution >= 0.6 is 0 Å². The number of rotatable bonds is 5. The molecule has 0 fully saturated rings. The molecular formula is C19H17FN2O4. The Morgan fingerprint density at radius 3 is 2.58 bits per heavy atom. The van der Waals surface area contributed by atoms with Gasteiger partial charge in [-0.1, -0.05) is 12.1 Å². The van der Waals surface area contributed by atoms with Crippen LogP contribution in [0.5, 0.6) is 11.6 Å². The fourth-order valence-corrected chi connectivity index (χ4v) is 2.64. The summed E-state index contributed by atoms with van der Waals surface area (Å²) >= 11 is 0. The average Bonchev–Trinajstić information content (AvgIpc) is 2.60. The highest BCUT2D eigenvalue weighted by Gasteiger charge is 2.18. The molecule has 3 aromatic rings. The Balaban J connectivity index is 1.91. The molecule has 3 N–H and O–H groups in total. The summed E-state index contributed by atoms with van der Waals surface area (Å²) in [6.07, 6.45) is 0. The minimum absolute atomic E-state index is 0.230. The first kappa shape index (κ1) is 17.5. The number of carbonyl (C=O) groups excluding carboxylic acids is 1. The van der Waals surface area contributed by atoms with Gasteiger partial charge < -0.3 is 15.6 Å². The molecule has 1 atom stereocenters. The number of hydrogen-bond donors (Lipinski definition) is 2. The van der Waals surface area contributed by atoms with Crippen LogP contribution in [-0.2, 0) is 11.4 Å². The molecule has 2 aromatic carbocycles. The third-order valence-corrected chi connectivity index (χ3v) is 4.13. The van der Waals surface area contributed by atoms with Crippen molar-refractivity contribution in [3.8, 4) is 11.6 Å². The predicted molar refractivity (Wildman–Crippen MR) is 94.5 cm³/mol. The van der Waals surface area contributed by atoms with E-state index in [9.17, 15) is 19.1 Å². The van der Waals surface area contributed by atoms with Crippen molar-refractivity contribution in [1.82, 2.24) is 4.57 Å². The van der Waals surface area contributed by atoms with E-state index in [0.717, 1.165) is 10.1 Å². The summed E-state index contributed by atoms with van der Waals surface area (Å²) in [6.45, 7) is 1.67. The number of aromatic hydroxyl groups is 1. The van der Waals surface area contributed by atoms with Crippen molar-refractivity contribution in [3.63, 3.8) is 0 Å². The number of benzene rings is 2. The second-order valence-electron chi connectivity index (χ2n) is 5.92. The Morgan fingerprint density at radius 2 is 1.92 bits per heavy atom. The van der Waals surface area contributed by atoms with Gasteiger partial charge in [-0.15, -0.1) is 0 Å². The largest absolute Gasteiger partial charge is 0.494 e. The van der Waals surface area contributed by atoms with Gasteiger partial charge in [0.05, 0.1) is 0 Å². The SMILES string of the molecule is C[C@@H](C(N)=O)n1c(O)c2ccc(OCc3ccc(F)cc3)cc2cc1=O. The van der Waals surface area contributed by atoms with Crippen LogP contribution in [0.2, 0.25) is 0 Å². The fraction of sp³-hybridized carbons (Fsp3) is 0.158. The van der Waals surface area contributed by atoms with E-state index in [1.54, 1.807) is 30.3 Å². The molecule has 0 unspecified atom stereocenters. The molecule has 0 spiro atoms. The first-order valence-electron chi connectivity index (χ1n) is 7.91. The minimum atomic E-state index is -0.971. The van der Waals surface area contributed by atoms with Crippen LogP contribution in [0.3, 0.4) is 0 Å². The zero-order chi connectivity index (χ0) is 18.8. The smallest absolute Gasteiger partial charge is 0.254 e. The average molecular weight is 356 g/mol. The summed E-state index contributed by atoms with van der Waals surface area (Å²) in [5.74, 6) is -0.886. The number of hydrogen-bond acceptors (Lipinski definition) is 4. The maximum absolute atomic E-state index is 12.9. The molecule has 0 aliphatic rings. The van der Waals surface area contributed by atoms with E-state index >= 15 is 0 Å². The number of nitrogens with zero attached hydrogens (tertiary/aromatic N) is 1. The van der Waals surface area contributed by atoms with Gasteiger partial charge in [0.1, 0.15) is 24.2 Å². The number of amides is 1. The Labute approximate surface area is 148 Å². The van der Waals surface area contributed by atoms with Gasteiger partial charge in [-0.05, 0) is 48.2 Å².